The summed E-state index contributed by atoms with van der Waals surface area (Å²) in [5.74, 6) is 0. The molecule has 0 radical (unpaired) electrons. The fraction of sp³-hybridized carbons (Fsp3) is 0.579. The molecule has 0 saturated carbocycles. The van der Waals surface area contributed by atoms with Gasteiger partial charge in [-0.1, -0.05) is 52.4 Å². The van der Waals surface area contributed by atoms with Crippen LogP contribution in [0.2, 0.25) is 0 Å². The summed E-state index contributed by atoms with van der Waals surface area (Å²) in [4.78, 5) is 0. The zero-order valence-electron chi connectivity index (χ0n) is 13.8. The molecule has 3 heteroatoms. The predicted molar refractivity (Wildman–Crippen MR) is 82.6 cm³/mol. The molecule has 0 aromatic carbocycles. The van der Waals surface area contributed by atoms with Crippen LogP contribution in [0.5, 0.6) is 0 Å². The van der Waals surface area contributed by atoms with E-state index in [4.69, 9.17) is 0 Å². The van der Waals surface area contributed by atoms with Gasteiger partial charge in [-0.05, 0) is 0 Å². The Morgan fingerprint density at radius 1 is 0.818 bits per heavy atom. The quantitative estimate of drug-likeness (QED) is 0.484. The van der Waals surface area contributed by atoms with Crippen molar-refractivity contribution in [3.05, 3.63) is 46.6 Å². The van der Waals surface area contributed by atoms with Gasteiger partial charge in [0.1, 0.15) is 0 Å². The molecule has 0 atom stereocenters. The van der Waals surface area contributed by atoms with Crippen molar-refractivity contribution in [1.82, 2.24) is 0 Å². The fourth-order valence-corrected chi connectivity index (χ4v) is 2.84. The fourth-order valence-electron chi connectivity index (χ4n) is 2.84. The Morgan fingerprint density at radius 2 is 1.23 bits per heavy atom. The molecule has 0 unspecified atom stereocenters. The maximum Gasteiger partial charge on any atom is 4.00 e. The summed E-state index contributed by atoms with van der Waals surface area (Å²) in [5, 5.41) is 0. The average molecular weight is 417 g/mol. The molecule has 0 fully saturated rings. The monoisotopic (exact) mass is 414 g/mol. The molecule has 22 heavy (non-hydrogen) atoms. The van der Waals surface area contributed by atoms with Crippen molar-refractivity contribution >= 4 is 0 Å². The molecule has 0 spiro atoms. The molecule has 2 rings (SSSR count). The van der Waals surface area contributed by atoms with Crippen LogP contribution in [0, 0.1) is 12.2 Å². The minimum atomic E-state index is 0. The SMILES string of the molecule is CCCCC1=[C-]CC=C1CC1=CC[C-]=C1CCCC.[Cl-].[Cl-].[Zr+4]. The molecule has 0 N–H and O–H groups in total. The van der Waals surface area contributed by atoms with Gasteiger partial charge in [-0.3, -0.25) is 12.2 Å². The van der Waals surface area contributed by atoms with Gasteiger partial charge >= 0.3 is 26.2 Å². The first-order valence-electron chi connectivity index (χ1n) is 7.93. The van der Waals surface area contributed by atoms with Gasteiger partial charge < -0.3 is 24.8 Å². The largest absolute Gasteiger partial charge is 4.00 e. The Kier molecular flexibility index (Phi) is 15.5. The Morgan fingerprint density at radius 3 is 1.59 bits per heavy atom. The number of hydrogen-bond donors (Lipinski definition) is 0. The van der Waals surface area contributed by atoms with Crippen molar-refractivity contribution < 1.29 is 51.0 Å². The van der Waals surface area contributed by atoms with Gasteiger partial charge in [0.25, 0.3) is 0 Å². The smallest absolute Gasteiger partial charge is 1.00 e. The van der Waals surface area contributed by atoms with E-state index in [1.165, 1.54) is 60.8 Å². The van der Waals surface area contributed by atoms with Crippen molar-refractivity contribution in [2.45, 2.75) is 71.6 Å². The first-order valence-corrected chi connectivity index (χ1v) is 7.93. The number of hydrogen-bond acceptors (Lipinski definition) is 0. The Labute approximate surface area is 168 Å². The van der Waals surface area contributed by atoms with E-state index in [0.29, 0.717) is 0 Å². The van der Waals surface area contributed by atoms with Crippen LogP contribution in [-0.4, -0.2) is 0 Å². The van der Waals surface area contributed by atoms with E-state index in [-0.39, 0.29) is 51.0 Å². The van der Waals surface area contributed by atoms with E-state index in [1.54, 1.807) is 0 Å². The van der Waals surface area contributed by atoms with Crippen LogP contribution in [0.4, 0.5) is 0 Å². The second-order valence-electron chi connectivity index (χ2n) is 5.56. The summed E-state index contributed by atoms with van der Waals surface area (Å²) in [6, 6.07) is 0. The van der Waals surface area contributed by atoms with Crippen molar-refractivity contribution in [2.75, 3.05) is 0 Å². The second kappa shape index (κ2) is 13.8. The zero-order chi connectivity index (χ0) is 13.5. The van der Waals surface area contributed by atoms with Crippen molar-refractivity contribution in [2.24, 2.45) is 0 Å². The second-order valence-corrected chi connectivity index (χ2v) is 5.56. The van der Waals surface area contributed by atoms with E-state index in [1.807, 2.05) is 0 Å². The minimum absolute atomic E-state index is 0. The molecule has 0 amide bonds. The van der Waals surface area contributed by atoms with Gasteiger partial charge in [0.05, 0.1) is 0 Å². The third kappa shape index (κ3) is 7.33. The van der Waals surface area contributed by atoms with Crippen LogP contribution in [-0.2, 0) is 26.2 Å². The zero-order valence-corrected chi connectivity index (χ0v) is 17.7. The number of halogens is 2. The maximum atomic E-state index is 3.54. The van der Waals surface area contributed by atoms with Crippen LogP contribution < -0.4 is 24.8 Å². The van der Waals surface area contributed by atoms with Crippen LogP contribution in [0.1, 0.15) is 71.6 Å². The van der Waals surface area contributed by atoms with E-state index in [2.05, 4.69) is 38.2 Å². The maximum absolute atomic E-state index is 3.54. The number of allylic oxidation sites excluding steroid dienone is 8. The third-order valence-corrected chi connectivity index (χ3v) is 4.04. The molecule has 0 nitrogen and oxygen atoms in total. The summed E-state index contributed by atoms with van der Waals surface area (Å²) >= 11 is 0. The molecule has 120 valence electrons. The normalized spacial score (nSPS) is 15.7. The standard InChI is InChI=1S/C19H26.2ClH.Zr/c1-3-5-9-16-11-7-13-18(16)15-19-14-8-12-17(19)10-6-4-2;;;/h13-14H,3-10,15H2,1-2H3;2*1H;/q-2;;;+4/p-2. The van der Waals surface area contributed by atoms with Crippen LogP contribution in [0.3, 0.4) is 0 Å². The average Bonchev–Trinajstić information content (AvgIpc) is 3.04. The Hall–Kier alpha value is 0.423. The summed E-state index contributed by atoms with van der Waals surface area (Å²) in [5.41, 5.74) is 6.06. The predicted octanol–water partition coefficient (Wildman–Crippen LogP) is -0.118. The van der Waals surface area contributed by atoms with E-state index in [9.17, 15) is 0 Å². The summed E-state index contributed by atoms with van der Waals surface area (Å²) in [6.45, 7) is 4.53. The number of rotatable bonds is 8. The number of unbranched alkanes of at least 4 members (excludes halogenated alkanes) is 2. The van der Waals surface area contributed by atoms with Crippen molar-refractivity contribution in [3.63, 3.8) is 0 Å². The summed E-state index contributed by atoms with van der Waals surface area (Å²) in [6.07, 6.45) is 22.6. The molecule has 0 aromatic rings. The summed E-state index contributed by atoms with van der Waals surface area (Å²) in [7, 11) is 0. The topological polar surface area (TPSA) is 0 Å². The molecular weight excluding hydrogens is 390 g/mol. The van der Waals surface area contributed by atoms with Crippen LogP contribution in [0.25, 0.3) is 0 Å². The van der Waals surface area contributed by atoms with E-state index >= 15 is 0 Å². The molecule has 0 bridgehead atoms. The first-order chi connectivity index (χ1) is 9.35. The molecule has 0 heterocycles. The molecule has 0 saturated heterocycles. The van der Waals surface area contributed by atoms with Gasteiger partial charge in [0.15, 0.2) is 0 Å². The van der Waals surface area contributed by atoms with E-state index in [0.717, 1.165) is 19.3 Å². The van der Waals surface area contributed by atoms with Gasteiger partial charge in [-0.25, -0.2) is 22.3 Å². The van der Waals surface area contributed by atoms with Gasteiger partial charge in [0.2, 0.25) is 0 Å². The third-order valence-electron chi connectivity index (χ3n) is 4.04. The molecule has 2 aliphatic rings. The Bertz CT molecular complexity index is 391. The molecule has 0 aromatic heterocycles. The Balaban J connectivity index is 0. The summed E-state index contributed by atoms with van der Waals surface area (Å²) < 4.78 is 0. The van der Waals surface area contributed by atoms with Gasteiger partial charge in [0, 0.05) is 0 Å². The van der Waals surface area contributed by atoms with Gasteiger partial charge in [-0.2, -0.15) is 12.2 Å². The molecule has 2 aliphatic carbocycles. The van der Waals surface area contributed by atoms with Crippen LogP contribution in [0.15, 0.2) is 34.4 Å². The van der Waals surface area contributed by atoms with Crippen molar-refractivity contribution in [1.29, 1.82) is 0 Å². The van der Waals surface area contributed by atoms with E-state index < -0.39 is 0 Å². The van der Waals surface area contributed by atoms with Gasteiger partial charge in [-0.15, -0.1) is 19.3 Å². The molecular formula is C19H26Cl2Zr. The molecule has 0 aliphatic heterocycles. The van der Waals surface area contributed by atoms with Crippen LogP contribution >= 0.6 is 0 Å². The van der Waals surface area contributed by atoms with Crippen molar-refractivity contribution in [3.8, 4) is 0 Å². The first kappa shape index (κ1) is 24.7. The minimum Gasteiger partial charge on any atom is -1.00 e.